The Hall–Kier alpha value is -2.83. The second-order valence-corrected chi connectivity index (χ2v) is 8.22. The molecule has 0 radical (unpaired) electrons. The quantitative estimate of drug-likeness (QED) is 0.499. The molecule has 1 aliphatic rings. The number of hydrogen-bond donors (Lipinski definition) is 3. The topological polar surface area (TPSA) is 63.0 Å². The summed E-state index contributed by atoms with van der Waals surface area (Å²) in [5.41, 5.74) is 4.26. The number of halogens is 1. The summed E-state index contributed by atoms with van der Waals surface area (Å²) >= 11 is 3.60. The SMILES string of the molecule is CCOC(=O)C[NH+]1[C@@H](c2ccccc2)c2cc(Br)ccc2N[C@@H]1c1ccc(O)cc1. The molecule has 1 aliphatic heterocycles. The molecule has 0 spiro atoms. The van der Waals surface area contributed by atoms with Gasteiger partial charge in [-0.2, -0.15) is 0 Å². The Balaban J connectivity index is 1.86. The summed E-state index contributed by atoms with van der Waals surface area (Å²) < 4.78 is 6.30. The number of carbonyl (C=O) groups is 1. The van der Waals surface area contributed by atoms with Crippen LogP contribution in [0.25, 0.3) is 0 Å². The molecule has 3 aromatic rings. The van der Waals surface area contributed by atoms with Crippen LogP contribution in [0.2, 0.25) is 0 Å². The number of carbonyl (C=O) groups excluding carboxylic acids is 1. The van der Waals surface area contributed by atoms with E-state index in [-0.39, 0.29) is 30.5 Å². The lowest BCUT2D eigenvalue weighted by Gasteiger charge is -2.41. The molecule has 0 aliphatic carbocycles. The van der Waals surface area contributed by atoms with Gasteiger partial charge >= 0.3 is 5.97 Å². The van der Waals surface area contributed by atoms with Gasteiger partial charge in [-0.25, -0.2) is 4.79 Å². The van der Waals surface area contributed by atoms with Gasteiger partial charge in [0, 0.05) is 26.9 Å². The number of esters is 1. The maximum atomic E-state index is 12.6. The number of quaternary nitrogens is 1. The van der Waals surface area contributed by atoms with Gasteiger partial charge in [0.2, 0.25) is 0 Å². The van der Waals surface area contributed by atoms with Gasteiger partial charge in [0.15, 0.2) is 12.7 Å². The van der Waals surface area contributed by atoms with Crippen molar-refractivity contribution in [1.82, 2.24) is 0 Å². The van der Waals surface area contributed by atoms with E-state index in [0.29, 0.717) is 6.61 Å². The predicted octanol–water partition coefficient (Wildman–Crippen LogP) is 3.82. The van der Waals surface area contributed by atoms with E-state index in [1.54, 1.807) is 12.1 Å². The first-order chi connectivity index (χ1) is 14.6. The number of phenolic OH excluding ortho intramolecular Hbond substituents is 1. The third-order valence-corrected chi connectivity index (χ3v) is 5.87. The average molecular weight is 468 g/mol. The van der Waals surface area contributed by atoms with Crippen molar-refractivity contribution in [3.63, 3.8) is 0 Å². The smallest absolute Gasteiger partial charge is 0.361 e. The zero-order valence-corrected chi connectivity index (χ0v) is 18.2. The van der Waals surface area contributed by atoms with Crippen molar-refractivity contribution < 1.29 is 19.5 Å². The first-order valence-electron chi connectivity index (χ1n) is 9.98. The van der Waals surface area contributed by atoms with E-state index < -0.39 is 0 Å². The van der Waals surface area contributed by atoms with Gasteiger partial charge in [-0.15, -0.1) is 0 Å². The highest BCUT2D eigenvalue weighted by Crippen LogP contribution is 2.35. The highest BCUT2D eigenvalue weighted by atomic mass is 79.9. The summed E-state index contributed by atoms with van der Waals surface area (Å²) in [4.78, 5) is 13.6. The number of nitrogens with one attached hydrogen (secondary N) is 2. The van der Waals surface area contributed by atoms with Crippen LogP contribution >= 0.6 is 15.9 Å². The molecular formula is C24H24BrN2O3+. The minimum atomic E-state index is -0.238. The van der Waals surface area contributed by atoms with Crippen LogP contribution in [-0.4, -0.2) is 24.2 Å². The Morgan fingerprint density at radius 1 is 1.07 bits per heavy atom. The zero-order chi connectivity index (χ0) is 21.1. The van der Waals surface area contributed by atoms with Gasteiger partial charge in [0.1, 0.15) is 11.8 Å². The van der Waals surface area contributed by atoms with Crippen molar-refractivity contribution >= 4 is 27.6 Å². The maximum absolute atomic E-state index is 12.6. The number of fused-ring (bicyclic) bond motifs is 1. The van der Waals surface area contributed by atoms with Crippen molar-refractivity contribution in [2.45, 2.75) is 19.1 Å². The molecule has 5 nitrogen and oxygen atoms in total. The molecular weight excluding hydrogens is 444 g/mol. The van der Waals surface area contributed by atoms with E-state index in [4.69, 9.17) is 4.74 Å². The van der Waals surface area contributed by atoms with Gasteiger partial charge in [0.05, 0.1) is 6.61 Å². The number of hydrogen-bond acceptors (Lipinski definition) is 4. The second-order valence-electron chi connectivity index (χ2n) is 7.30. The summed E-state index contributed by atoms with van der Waals surface area (Å²) in [6, 6.07) is 23.5. The van der Waals surface area contributed by atoms with Crippen molar-refractivity contribution in [2.75, 3.05) is 18.5 Å². The van der Waals surface area contributed by atoms with Crippen LogP contribution in [0.1, 0.15) is 35.8 Å². The fraction of sp³-hybridized carbons (Fsp3) is 0.208. The molecule has 0 aromatic heterocycles. The number of phenols is 1. The number of benzene rings is 3. The predicted molar refractivity (Wildman–Crippen MR) is 119 cm³/mol. The fourth-order valence-corrected chi connectivity index (χ4v) is 4.48. The lowest BCUT2D eigenvalue weighted by Crippen LogP contribution is -3.15. The van der Waals surface area contributed by atoms with Crippen LogP contribution in [0.15, 0.2) is 77.3 Å². The first kappa shape index (κ1) is 20.4. The van der Waals surface area contributed by atoms with Crippen LogP contribution in [0.4, 0.5) is 5.69 Å². The van der Waals surface area contributed by atoms with Crippen molar-refractivity contribution in [2.24, 2.45) is 0 Å². The Bertz CT molecular complexity index is 1020. The van der Waals surface area contributed by atoms with E-state index in [9.17, 15) is 9.90 Å². The van der Waals surface area contributed by atoms with Crippen molar-refractivity contribution in [1.29, 1.82) is 0 Å². The Morgan fingerprint density at radius 2 is 1.80 bits per heavy atom. The van der Waals surface area contributed by atoms with Crippen LogP contribution in [-0.2, 0) is 9.53 Å². The van der Waals surface area contributed by atoms with E-state index in [1.165, 1.54) is 0 Å². The lowest BCUT2D eigenvalue weighted by atomic mass is 9.91. The standard InChI is InChI=1S/C24H23BrN2O3/c1-2-30-22(29)15-27-23(16-6-4-3-5-7-16)20-14-18(25)10-13-21(20)26-24(27)17-8-11-19(28)12-9-17/h3-14,23-24,26,28H,2,15H2,1H3/p+1/t23-,24-/m0/s1. The van der Waals surface area contributed by atoms with Crippen LogP contribution in [0, 0.1) is 0 Å². The van der Waals surface area contributed by atoms with Crippen molar-refractivity contribution in [3.8, 4) is 5.75 Å². The minimum Gasteiger partial charge on any atom is -0.508 e. The normalized spacial score (nSPS) is 20.1. The molecule has 0 amide bonds. The summed E-state index contributed by atoms with van der Waals surface area (Å²) in [6.07, 6.45) is -0.186. The molecule has 0 saturated carbocycles. The molecule has 3 aromatic carbocycles. The third-order valence-electron chi connectivity index (χ3n) is 5.38. The molecule has 154 valence electrons. The summed E-state index contributed by atoms with van der Waals surface area (Å²) in [6.45, 7) is 2.37. The Labute approximate surface area is 184 Å². The molecule has 3 N–H and O–H groups in total. The molecule has 30 heavy (non-hydrogen) atoms. The number of rotatable bonds is 5. The first-order valence-corrected chi connectivity index (χ1v) is 10.8. The monoisotopic (exact) mass is 467 g/mol. The molecule has 1 heterocycles. The Kier molecular flexibility index (Phi) is 6.06. The number of anilines is 1. The van der Waals surface area contributed by atoms with E-state index in [1.807, 2.05) is 43.3 Å². The summed E-state index contributed by atoms with van der Waals surface area (Å²) in [7, 11) is 0. The van der Waals surface area contributed by atoms with Gasteiger partial charge in [-0.3, -0.25) is 4.90 Å². The van der Waals surface area contributed by atoms with E-state index in [2.05, 4.69) is 45.5 Å². The summed E-state index contributed by atoms with van der Waals surface area (Å²) in [5, 5.41) is 13.4. The molecule has 0 saturated heterocycles. The van der Waals surface area contributed by atoms with Crippen LogP contribution < -0.4 is 10.2 Å². The van der Waals surface area contributed by atoms with E-state index >= 15 is 0 Å². The van der Waals surface area contributed by atoms with Crippen molar-refractivity contribution in [3.05, 3.63) is 94.0 Å². The molecule has 1 unspecified atom stereocenters. The van der Waals surface area contributed by atoms with Crippen LogP contribution in [0.5, 0.6) is 5.75 Å². The summed E-state index contributed by atoms with van der Waals surface area (Å²) in [5.74, 6) is -0.0251. The highest BCUT2D eigenvalue weighted by molar-refractivity contribution is 9.10. The zero-order valence-electron chi connectivity index (χ0n) is 16.6. The molecule has 0 fully saturated rings. The maximum Gasteiger partial charge on any atom is 0.361 e. The van der Waals surface area contributed by atoms with Gasteiger partial charge in [0.25, 0.3) is 0 Å². The van der Waals surface area contributed by atoms with E-state index in [0.717, 1.165) is 31.8 Å². The number of aromatic hydroxyl groups is 1. The molecule has 6 heteroatoms. The Morgan fingerprint density at radius 3 is 2.50 bits per heavy atom. The molecule has 4 rings (SSSR count). The van der Waals surface area contributed by atoms with Crippen LogP contribution in [0.3, 0.4) is 0 Å². The minimum absolute atomic E-state index is 0.0665. The molecule has 3 atom stereocenters. The number of ether oxygens (including phenoxy) is 1. The third kappa shape index (κ3) is 4.20. The average Bonchev–Trinajstić information content (AvgIpc) is 2.75. The van der Waals surface area contributed by atoms with Gasteiger partial charge in [-0.05, 0) is 49.4 Å². The van der Waals surface area contributed by atoms with Gasteiger partial charge < -0.3 is 15.2 Å². The fourth-order valence-electron chi connectivity index (χ4n) is 4.10. The highest BCUT2D eigenvalue weighted by Gasteiger charge is 2.41. The molecule has 0 bridgehead atoms. The lowest BCUT2D eigenvalue weighted by molar-refractivity contribution is -0.947. The van der Waals surface area contributed by atoms with Gasteiger partial charge in [-0.1, -0.05) is 46.3 Å². The largest absolute Gasteiger partial charge is 0.508 e. The second kappa shape index (κ2) is 8.90.